The number of ether oxygens (including phenoxy) is 1. The SMILES string of the molecule is COc1ccc(S(=O)(=O)NCC(C)C)cc1C(=O)N1CCCC1. The number of carbonyl (C=O) groups is 1. The van der Waals surface area contributed by atoms with E-state index >= 15 is 0 Å². The first kappa shape index (κ1) is 17.7. The molecule has 0 unspecified atom stereocenters. The summed E-state index contributed by atoms with van der Waals surface area (Å²) in [6.45, 7) is 5.61. The van der Waals surface area contributed by atoms with Gasteiger partial charge in [-0.3, -0.25) is 4.79 Å². The van der Waals surface area contributed by atoms with Crippen LogP contribution in [0.2, 0.25) is 0 Å². The topological polar surface area (TPSA) is 75.7 Å². The van der Waals surface area contributed by atoms with Gasteiger partial charge in [-0.1, -0.05) is 13.8 Å². The van der Waals surface area contributed by atoms with E-state index < -0.39 is 10.0 Å². The van der Waals surface area contributed by atoms with Crippen molar-refractivity contribution in [3.8, 4) is 5.75 Å². The molecule has 2 rings (SSSR count). The number of carbonyl (C=O) groups excluding carboxylic acids is 1. The summed E-state index contributed by atoms with van der Waals surface area (Å²) in [4.78, 5) is 14.4. The summed E-state index contributed by atoms with van der Waals surface area (Å²) in [5, 5.41) is 0. The van der Waals surface area contributed by atoms with E-state index in [2.05, 4.69) is 4.72 Å². The van der Waals surface area contributed by atoms with E-state index in [-0.39, 0.29) is 16.7 Å². The Kier molecular flexibility index (Phi) is 5.64. The van der Waals surface area contributed by atoms with Crippen LogP contribution in [0, 0.1) is 5.92 Å². The Morgan fingerprint density at radius 3 is 2.52 bits per heavy atom. The molecule has 1 aliphatic rings. The molecule has 23 heavy (non-hydrogen) atoms. The van der Waals surface area contributed by atoms with Gasteiger partial charge in [-0.15, -0.1) is 0 Å². The van der Waals surface area contributed by atoms with Gasteiger partial charge in [-0.2, -0.15) is 0 Å². The van der Waals surface area contributed by atoms with Crippen LogP contribution in [0.15, 0.2) is 23.1 Å². The van der Waals surface area contributed by atoms with Crippen molar-refractivity contribution < 1.29 is 17.9 Å². The van der Waals surface area contributed by atoms with E-state index in [1.54, 1.807) is 4.90 Å². The average Bonchev–Trinajstić information content (AvgIpc) is 3.06. The van der Waals surface area contributed by atoms with Crippen LogP contribution in [0.4, 0.5) is 0 Å². The van der Waals surface area contributed by atoms with Crippen LogP contribution in [0.1, 0.15) is 37.0 Å². The van der Waals surface area contributed by atoms with Gasteiger partial charge < -0.3 is 9.64 Å². The average molecular weight is 340 g/mol. The second-order valence-electron chi connectivity index (χ2n) is 6.11. The van der Waals surface area contributed by atoms with Crippen molar-refractivity contribution in [1.82, 2.24) is 9.62 Å². The van der Waals surface area contributed by atoms with Gasteiger partial charge in [-0.05, 0) is 37.0 Å². The van der Waals surface area contributed by atoms with Crippen molar-refractivity contribution in [3.63, 3.8) is 0 Å². The maximum atomic E-state index is 12.6. The van der Waals surface area contributed by atoms with Crippen LogP contribution in [-0.2, 0) is 10.0 Å². The van der Waals surface area contributed by atoms with Crippen molar-refractivity contribution >= 4 is 15.9 Å². The molecule has 0 atom stereocenters. The molecule has 1 amide bonds. The van der Waals surface area contributed by atoms with Crippen LogP contribution >= 0.6 is 0 Å². The number of likely N-dealkylation sites (tertiary alicyclic amines) is 1. The van der Waals surface area contributed by atoms with Gasteiger partial charge in [0.2, 0.25) is 10.0 Å². The number of hydrogen-bond acceptors (Lipinski definition) is 4. The molecule has 0 aliphatic carbocycles. The third kappa shape index (κ3) is 4.23. The number of nitrogens with zero attached hydrogens (tertiary/aromatic N) is 1. The molecule has 1 aromatic carbocycles. The van der Waals surface area contributed by atoms with Crippen molar-refractivity contribution in [3.05, 3.63) is 23.8 Å². The van der Waals surface area contributed by atoms with Gasteiger partial charge in [0, 0.05) is 19.6 Å². The predicted molar refractivity (Wildman–Crippen MR) is 88.2 cm³/mol. The standard InChI is InChI=1S/C16H24N2O4S/c1-12(2)11-17-23(20,21)13-6-7-15(22-3)14(10-13)16(19)18-8-4-5-9-18/h6-7,10,12,17H,4-5,8-9,11H2,1-3H3. The smallest absolute Gasteiger partial charge is 0.257 e. The fourth-order valence-electron chi connectivity index (χ4n) is 2.47. The molecular formula is C16H24N2O4S. The number of sulfonamides is 1. The van der Waals surface area contributed by atoms with E-state index in [1.165, 1.54) is 25.3 Å². The van der Waals surface area contributed by atoms with Crippen LogP contribution in [0.25, 0.3) is 0 Å². The van der Waals surface area contributed by atoms with E-state index in [4.69, 9.17) is 4.74 Å². The molecule has 0 aromatic heterocycles. The second-order valence-corrected chi connectivity index (χ2v) is 7.87. The highest BCUT2D eigenvalue weighted by Gasteiger charge is 2.25. The lowest BCUT2D eigenvalue weighted by atomic mass is 10.1. The molecule has 0 radical (unpaired) electrons. The van der Waals surface area contributed by atoms with Crippen molar-refractivity contribution in [2.75, 3.05) is 26.7 Å². The lowest BCUT2D eigenvalue weighted by molar-refractivity contribution is 0.0789. The van der Waals surface area contributed by atoms with Gasteiger partial charge in [0.25, 0.3) is 5.91 Å². The number of amides is 1. The Morgan fingerprint density at radius 1 is 1.30 bits per heavy atom. The quantitative estimate of drug-likeness (QED) is 0.858. The first-order chi connectivity index (χ1) is 10.8. The summed E-state index contributed by atoms with van der Waals surface area (Å²) in [6, 6.07) is 4.40. The lowest BCUT2D eigenvalue weighted by Crippen LogP contribution is -2.30. The molecule has 0 bridgehead atoms. The summed E-state index contributed by atoms with van der Waals surface area (Å²) in [5.74, 6) is 0.415. The van der Waals surface area contributed by atoms with Crippen LogP contribution in [0.5, 0.6) is 5.75 Å². The van der Waals surface area contributed by atoms with Crippen molar-refractivity contribution in [2.24, 2.45) is 5.92 Å². The molecule has 1 aromatic rings. The number of methoxy groups -OCH3 is 1. The Hall–Kier alpha value is -1.60. The molecule has 1 aliphatic heterocycles. The minimum Gasteiger partial charge on any atom is -0.496 e. The monoisotopic (exact) mass is 340 g/mol. The van der Waals surface area contributed by atoms with Gasteiger partial charge in [0.1, 0.15) is 5.75 Å². The highest BCUT2D eigenvalue weighted by Crippen LogP contribution is 2.25. The highest BCUT2D eigenvalue weighted by molar-refractivity contribution is 7.89. The molecule has 1 heterocycles. The van der Waals surface area contributed by atoms with Crippen LogP contribution in [-0.4, -0.2) is 46.0 Å². The fraction of sp³-hybridized carbons (Fsp3) is 0.562. The lowest BCUT2D eigenvalue weighted by Gasteiger charge is -2.18. The minimum atomic E-state index is -3.64. The maximum Gasteiger partial charge on any atom is 0.257 e. The molecule has 1 saturated heterocycles. The predicted octanol–water partition coefficient (Wildman–Crippen LogP) is 1.87. The molecular weight excluding hydrogens is 316 g/mol. The van der Waals surface area contributed by atoms with E-state index in [0.29, 0.717) is 30.9 Å². The number of benzene rings is 1. The summed E-state index contributed by atoms with van der Waals surface area (Å²) >= 11 is 0. The summed E-state index contributed by atoms with van der Waals surface area (Å²) in [6.07, 6.45) is 1.95. The first-order valence-corrected chi connectivity index (χ1v) is 9.30. The Labute approximate surface area is 137 Å². The number of rotatable bonds is 6. The number of hydrogen-bond donors (Lipinski definition) is 1. The van der Waals surface area contributed by atoms with E-state index in [0.717, 1.165) is 12.8 Å². The third-order valence-electron chi connectivity index (χ3n) is 3.79. The van der Waals surface area contributed by atoms with E-state index in [9.17, 15) is 13.2 Å². The summed E-state index contributed by atoms with van der Waals surface area (Å²) in [5.41, 5.74) is 0.293. The summed E-state index contributed by atoms with van der Waals surface area (Å²) < 4.78 is 32.5. The Balaban J connectivity index is 2.33. The molecule has 1 N–H and O–H groups in total. The molecule has 6 nitrogen and oxygen atoms in total. The highest BCUT2D eigenvalue weighted by atomic mass is 32.2. The molecule has 0 saturated carbocycles. The largest absolute Gasteiger partial charge is 0.496 e. The Morgan fingerprint density at radius 2 is 1.96 bits per heavy atom. The van der Waals surface area contributed by atoms with Gasteiger partial charge >= 0.3 is 0 Å². The normalized spacial score (nSPS) is 15.2. The Bertz CT molecular complexity index is 665. The van der Waals surface area contributed by atoms with Crippen LogP contribution < -0.4 is 9.46 Å². The summed E-state index contributed by atoms with van der Waals surface area (Å²) in [7, 11) is -2.16. The second kappa shape index (κ2) is 7.31. The molecule has 7 heteroatoms. The fourth-order valence-corrected chi connectivity index (χ4v) is 3.71. The van der Waals surface area contributed by atoms with E-state index in [1.807, 2.05) is 13.8 Å². The maximum absolute atomic E-state index is 12.6. The molecule has 1 fully saturated rings. The van der Waals surface area contributed by atoms with Gasteiger partial charge in [0.05, 0.1) is 17.6 Å². The molecule has 128 valence electrons. The molecule has 0 spiro atoms. The van der Waals surface area contributed by atoms with Crippen molar-refractivity contribution in [1.29, 1.82) is 0 Å². The van der Waals surface area contributed by atoms with Gasteiger partial charge in [-0.25, -0.2) is 13.1 Å². The third-order valence-corrected chi connectivity index (χ3v) is 5.21. The minimum absolute atomic E-state index is 0.0847. The van der Waals surface area contributed by atoms with Crippen molar-refractivity contribution in [2.45, 2.75) is 31.6 Å². The van der Waals surface area contributed by atoms with Crippen LogP contribution in [0.3, 0.4) is 0 Å². The van der Waals surface area contributed by atoms with Gasteiger partial charge in [0.15, 0.2) is 0 Å². The zero-order chi connectivity index (χ0) is 17.0. The number of nitrogens with one attached hydrogen (secondary N) is 1. The zero-order valence-corrected chi connectivity index (χ0v) is 14.6. The zero-order valence-electron chi connectivity index (χ0n) is 13.8. The first-order valence-electron chi connectivity index (χ1n) is 7.82.